The van der Waals surface area contributed by atoms with E-state index in [4.69, 9.17) is 11.6 Å². The monoisotopic (exact) mass is 205 g/mol. The number of alkyl halides is 1. The molecule has 0 aromatic carbocycles. The maximum Gasteiger partial charge on any atom is 0.246 e. The van der Waals surface area contributed by atoms with Gasteiger partial charge >= 0.3 is 0 Å². The predicted molar refractivity (Wildman–Crippen MR) is 47.2 cm³/mol. The lowest BCUT2D eigenvalue weighted by Crippen LogP contribution is -2.25. The Morgan fingerprint density at radius 2 is 2.42 bits per heavy atom. The molecule has 0 aliphatic heterocycles. The van der Waals surface area contributed by atoms with Gasteiger partial charge in [-0.25, -0.2) is 0 Å². The second-order valence-electron chi connectivity index (χ2n) is 2.42. The fourth-order valence-corrected chi connectivity index (χ4v) is 1.49. The summed E-state index contributed by atoms with van der Waals surface area (Å²) in [4.78, 5) is 12.7. The summed E-state index contributed by atoms with van der Waals surface area (Å²) >= 11 is 6.99. The Morgan fingerprint density at radius 1 is 1.75 bits per heavy atom. The van der Waals surface area contributed by atoms with E-state index in [9.17, 15) is 4.79 Å². The van der Waals surface area contributed by atoms with Gasteiger partial charge in [-0.05, 0) is 11.5 Å². The molecule has 0 bridgehead atoms. The normalized spacial score (nSPS) is 12.6. The molecular weight excluding hydrogens is 198 g/mol. The molecule has 0 aliphatic carbocycles. The summed E-state index contributed by atoms with van der Waals surface area (Å²) in [6.45, 7) is 0. The molecule has 0 spiro atoms. The Kier molecular flexibility index (Phi) is 2.99. The third-order valence-electron chi connectivity index (χ3n) is 1.29. The SMILES string of the molecule is CN(C)C(=O)C(Cl)c1csnn1. The number of carbonyl (C=O) groups excluding carboxylic acids is 1. The number of amides is 1. The molecule has 0 radical (unpaired) electrons. The van der Waals surface area contributed by atoms with E-state index in [1.807, 2.05) is 0 Å². The van der Waals surface area contributed by atoms with Gasteiger partial charge in [0, 0.05) is 19.5 Å². The Bertz CT molecular complexity index is 262. The van der Waals surface area contributed by atoms with Crippen molar-refractivity contribution in [1.29, 1.82) is 0 Å². The Balaban J connectivity index is 2.72. The summed E-state index contributed by atoms with van der Waals surface area (Å²) in [5, 5.41) is 4.66. The highest BCUT2D eigenvalue weighted by Gasteiger charge is 2.21. The molecular formula is C6H8ClN3OS. The topological polar surface area (TPSA) is 46.1 Å². The van der Waals surface area contributed by atoms with Crippen LogP contribution in [0, 0.1) is 0 Å². The summed E-state index contributed by atoms with van der Waals surface area (Å²) in [5.41, 5.74) is 0.514. The molecule has 6 heteroatoms. The minimum atomic E-state index is -0.709. The molecule has 1 atom stereocenters. The first-order valence-electron chi connectivity index (χ1n) is 3.25. The number of halogens is 1. The number of likely N-dealkylation sites (N-methyl/N-ethyl adjacent to an activating group) is 1. The van der Waals surface area contributed by atoms with Crippen LogP contribution in [0.1, 0.15) is 11.1 Å². The van der Waals surface area contributed by atoms with Crippen LogP contribution in [-0.2, 0) is 4.79 Å². The Labute approximate surface area is 79.3 Å². The first kappa shape index (κ1) is 9.41. The fourth-order valence-electron chi connectivity index (χ4n) is 0.635. The lowest BCUT2D eigenvalue weighted by molar-refractivity contribution is -0.128. The van der Waals surface area contributed by atoms with Crippen LogP contribution in [0.2, 0.25) is 0 Å². The first-order chi connectivity index (χ1) is 5.63. The minimum absolute atomic E-state index is 0.177. The number of carbonyl (C=O) groups is 1. The van der Waals surface area contributed by atoms with Gasteiger partial charge in [0.2, 0.25) is 5.91 Å². The number of aromatic nitrogens is 2. The average Bonchev–Trinajstić information content (AvgIpc) is 2.53. The standard InChI is InChI=1S/C6H8ClN3OS/c1-10(2)6(11)5(7)4-3-12-9-8-4/h3,5H,1-2H3. The zero-order valence-electron chi connectivity index (χ0n) is 6.69. The molecule has 12 heavy (non-hydrogen) atoms. The zero-order valence-corrected chi connectivity index (χ0v) is 8.26. The molecule has 1 unspecified atom stereocenters. The van der Waals surface area contributed by atoms with Crippen LogP contribution in [0.25, 0.3) is 0 Å². The van der Waals surface area contributed by atoms with Crippen molar-refractivity contribution >= 4 is 29.0 Å². The highest BCUT2D eigenvalue weighted by Crippen LogP contribution is 2.20. The molecule has 1 rings (SSSR count). The van der Waals surface area contributed by atoms with Gasteiger partial charge in [0.15, 0.2) is 5.38 Å². The smallest absolute Gasteiger partial charge is 0.246 e. The molecule has 0 saturated heterocycles. The maximum atomic E-state index is 11.3. The lowest BCUT2D eigenvalue weighted by Gasteiger charge is -2.12. The molecule has 66 valence electrons. The second kappa shape index (κ2) is 3.82. The molecule has 0 aliphatic rings. The lowest BCUT2D eigenvalue weighted by atomic mass is 10.3. The zero-order chi connectivity index (χ0) is 9.14. The van der Waals surface area contributed by atoms with Crippen molar-refractivity contribution in [3.8, 4) is 0 Å². The van der Waals surface area contributed by atoms with Crippen LogP contribution < -0.4 is 0 Å². The van der Waals surface area contributed by atoms with E-state index >= 15 is 0 Å². The van der Waals surface area contributed by atoms with Crippen LogP contribution in [-0.4, -0.2) is 34.5 Å². The van der Waals surface area contributed by atoms with E-state index in [2.05, 4.69) is 9.59 Å². The van der Waals surface area contributed by atoms with Crippen molar-refractivity contribution in [2.45, 2.75) is 5.38 Å². The molecule has 0 saturated carbocycles. The molecule has 4 nitrogen and oxygen atoms in total. The highest BCUT2D eigenvalue weighted by molar-refractivity contribution is 7.03. The van der Waals surface area contributed by atoms with Crippen molar-refractivity contribution in [2.24, 2.45) is 0 Å². The molecule has 1 heterocycles. The fraction of sp³-hybridized carbons (Fsp3) is 0.500. The Hall–Kier alpha value is -0.680. The van der Waals surface area contributed by atoms with E-state index in [1.165, 1.54) is 16.4 Å². The van der Waals surface area contributed by atoms with Gasteiger partial charge in [-0.2, -0.15) is 0 Å². The summed E-state index contributed by atoms with van der Waals surface area (Å²) in [6.07, 6.45) is 0. The number of nitrogens with zero attached hydrogens (tertiary/aromatic N) is 3. The van der Waals surface area contributed by atoms with Gasteiger partial charge in [0.1, 0.15) is 5.69 Å². The van der Waals surface area contributed by atoms with Crippen LogP contribution in [0.3, 0.4) is 0 Å². The van der Waals surface area contributed by atoms with E-state index in [-0.39, 0.29) is 5.91 Å². The van der Waals surface area contributed by atoms with Crippen LogP contribution >= 0.6 is 23.1 Å². The largest absolute Gasteiger partial charge is 0.347 e. The van der Waals surface area contributed by atoms with Gasteiger partial charge in [-0.15, -0.1) is 16.7 Å². The van der Waals surface area contributed by atoms with Crippen molar-refractivity contribution in [1.82, 2.24) is 14.5 Å². The van der Waals surface area contributed by atoms with Crippen molar-refractivity contribution < 1.29 is 4.79 Å². The van der Waals surface area contributed by atoms with Crippen molar-refractivity contribution in [3.05, 3.63) is 11.1 Å². The van der Waals surface area contributed by atoms with Gasteiger partial charge in [0.05, 0.1) is 0 Å². The van der Waals surface area contributed by atoms with E-state index < -0.39 is 5.38 Å². The van der Waals surface area contributed by atoms with Crippen LogP contribution in [0.4, 0.5) is 0 Å². The van der Waals surface area contributed by atoms with E-state index in [0.29, 0.717) is 5.69 Å². The number of hydrogen-bond acceptors (Lipinski definition) is 4. The summed E-state index contributed by atoms with van der Waals surface area (Å²) < 4.78 is 3.62. The molecule has 1 aromatic heterocycles. The quantitative estimate of drug-likeness (QED) is 0.675. The predicted octanol–water partition coefficient (Wildman–Crippen LogP) is 0.906. The molecule has 1 aromatic rings. The Morgan fingerprint density at radius 3 is 2.83 bits per heavy atom. The van der Waals surface area contributed by atoms with Crippen molar-refractivity contribution in [3.63, 3.8) is 0 Å². The van der Waals surface area contributed by atoms with Gasteiger partial charge in [-0.3, -0.25) is 4.79 Å². The second-order valence-corrected chi connectivity index (χ2v) is 3.47. The van der Waals surface area contributed by atoms with Crippen LogP contribution in [0.5, 0.6) is 0 Å². The minimum Gasteiger partial charge on any atom is -0.347 e. The molecule has 1 amide bonds. The third kappa shape index (κ3) is 1.92. The number of rotatable bonds is 2. The molecule has 0 N–H and O–H groups in total. The third-order valence-corrected chi connectivity index (χ3v) is 2.23. The van der Waals surface area contributed by atoms with E-state index in [1.54, 1.807) is 19.5 Å². The van der Waals surface area contributed by atoms with Gasteiger partial charge in [0.25, 0.3) is 0 Å². The van der Waals surface area contributed by atoms with Crippen molar-refractivity contribution in [2.75, 3.05) is 14.1 Å². The van der Waals surface area contributed by atoms with Gasteiger partial charge < -0.3 is 4.90 Å². The summed E-state index contributed by atoms with van der Waals surface area (Å²) in [7, 11) is 3.30. The summed E-state index contributed by atoms with van der Waals surface area (Å²) in [6, 6.07) is 0. The van der Waals surface area contributed by atoms with Gasteiger partial charge in [-0.1, -0.05) is 4.49 Å². The van der Waals surface area contributed by atoms with E-state index in [0.717, 1.165) is 0 Å². The maximum absolute atomic E-state index is 11.3. The molecule has 0 fully saturated rings. The highest BCUT2D eigenvalue weighted by atomic mass is 35.5. The number of hydrogen-bond donors (Lipinski definition) is 0. The first-order valence-corrected chi connectivity index (χ1v) is 4.52. The summed E-state index contributed by atoms with van der Waals surface area (Å²) in [5.74, 6) is -0.177. The van der Waals surface area contributed by atoms with Crippen LogP contribution in [0.15, 0.2) is 5.38 Å². The average molecular weight is 206 g/mol.